The molecule has 0 aliphatic heterocycles. The van der Waals surface area contributed by atoms with Gasteiger partial charge in [-0.05, 0) is 36.6 Å². The molecule has 0 saturated heterocycles. The minimum Gasteiger partial charge on any atom is -0.493 e. The average Bonchev–Trinajstić information content (AvgIpc) is 2.87. The highest BCUT2D eigenvalue weighted by Crippen LogP contribution is 2.39. The molecule has 4 aromatic rings. The summed E-state index contributed by atoms with van der Waals surface area (Å²) in [6.07, 6.45) is 4.06. The van der Waals surface area contributed by atoms with Crippen LogP contribution in [0.2, 0.25) is 5.15 Å². The molecule has 0 atom stereocenters. The Bertz CT molecular complexity index is 1390. The van der Waals surface area contributed by atoms with Gasteiger partial charge in [-0.1, -0.05) is 54.1 Å². The van der Waals surface area contributed by atoms with Gasteiger partial charge < -0.3 is 9.47 Å². The molecule has 0 amide bonds. The highest BCUT2D eigenvalue weighted by atomic mass is 35.5. The molecule has 2 aromatic heterocycles. The van der Waals surface area contributed by atoms with E-state index >= 15 is 0 Å². The Labute approximate surface area is 208 Å². The maximum atomic E-state index is 13.0. The summed E-state index contributed by atoms with van der Waals surface area (Å²) in [4.78, 5) is 16.8. The zero-order valence-corrected chi connectivity index (χ0v) is 20.3. The molecule has 0 radical (unpaired) electrons. The third kappa shape index (κ3) is 6.43. The summed E-state index contributed by atoms with van der Waals surface area (Å²) >= 11 is 6.44. The lowest BCUT2D eigenvalue weighted by atomic mass is 10.1. The normalized spacial score (nSPS) is 11.1. The number of hydrogen-bond acceptors (Lipinski definition) is 8. The van der Waals surface area contributed by atoms with E-state index < -0.39 is 10.0 Å². The van der Waals surface area contributed by atoms with Crippen LogP contribution in [-0.2, 0) is 16.4 Å². The van der Waals surface area contributed by atoms with Gasteiger partial charge in [0, 0.05) is 12.4 Å². The number of methoxy groups -OCH3 is 1. The quantitative estimate of drug-likeness (QED) is 0.303. The number of rotatable bonds is 10. The summed E-state index contributed by atoms with van der Waals surface area (Å²) in [6.45, 7) is 0. The van der Waals surface area contributed by atoms with Crippen molar-refractivity contribution in [3.63, 3.8) is 0 Å². The van der Waals surface area contributed by atoms with Gasteiger partial charge in [0.25, 0.3) is 0 Å². The van der Waals surface area contributed by atoms with Crippen LogP contribution in [0, 0.1) is 0 Å². The van der Waals surface area contributed by atoms with E-state index in [1.54, 1.807) is 30.3 Å². The van der Waals surface area contributed by atoms with Crippen molar-refractivity contribution in [1.29, 1.82) is 0 Å². The SMILES string of the molecule is COc1ccccc1Oc1c(Cl)nc(-c2ncccn2)nc1NS(=O)(=O)CCCc1ccccc1. The van der Waals surface area contributed by atoms with Gasteiger partial charge >= 0.3 is 0 Å². The predicted octanol–water partition coefficient (Wildman–Crippen LogP) is 4.76. The molecule has 0 saturated carbocycles. The van der Waals surface area contributed by atoms with Crippen molar-refractivity contribution < 1.29 is 17.9 Å². The number of sulfonamides is 1. The second kappa shape index (κ2) is 11.1. The summed E-state index contributed by atoms with van der Waals surface area (Å²) in [7, 11) is -2.31. The molecular weight excluding hydrogens is 490 g/mol. The molecule has 1 N–H and O–H groups in total. The molecular formula is C24H22ClN5O4S. The van der Waals surface area contributed by atoms with E-state index in [0.717, 1.165) is 5.56 Å². The van der Waals surface area contributed by atoms with Gasteiger partial charge in [0.15, 0.2) is 28.3 Å². The van der Waals surface area contributed by atoms with E-state index in [2.05, 4.69) is 24.7 Å². The second-order valence-electron chi connectivity index (χ2n) is 7.35. The molecule has 180 valence electrons. The number of halogens is 1. The first-order chi connectivity index (χ1) is 16.9. The van der Waals surface area contributed by atoms with E-state index in [-0.39, 0.29) is 34.1 Å². The number of aromatic nitrogens is 4. The maximum absolute atomic E-state index is 13.0. The highest BCUT2D eigenvalue weighted by molar-refractivity contribution is 7.92. The minimum absolute atomic E-state index is 0.0463. The van der Waals surface area contributed by atoms with E-state index in [1.165, 1.54) is 19.5 Å². The van der Waals surface area contributed by atoms with Crippen molar-refractivity contribution in [1.82, 2.24) is 19.9 Å². The summed E-state index contributed by atoms with van der Waals surface area (Å²) in [6, 6.07) is 18.2. The van der Waals surface area contributed by atoms with Gasteiger partial charge in [-0.25, -0.2) is 28.4 Å². The van der Waals surface area contributed by atoms with Gasteiger partial charge in [0.2, 0.25) is 21.6 Å². The van der Waals surface area contributed by atoms with Gasteiger partial charge in [-0.2, -0.15) is 0 Å². The van der Waals surface area contributed by atoms with Crippen LogP contribution in [0.15, 0.2) is 73.1 Å². The second-order valence-corrected chi connectivity index (χ2v) is 9.55. The third-order valence-corrected chi connectivity index (χ3v) is 6.43. The van der Waals surface area contributed by atoms with Crippen LogP contribution in [0.25, 0.3) is 11.6 Å². The predicted molar refractivity (Wildman–Crippen MR) is 133 cm³/mol. The van der Waals surface area contributed by atoms with Crippen LogP contribution in [-0.4, -0.2) is 41.2 Å². The van der Waals surface area contributed by atoms with Gasteiger partial charge in [0.05, 0.1) is 12.9 Å². The largest absolute Gasteiger partial charge is 0.493 e. The van der Waals surface area contributed by atoms with E-state index in [1.807, 2.05) is 30.3 Å². The monoisotopic (exact) mass is 511 g/mol. The Morgan fingerprint density at radius 1 is 0.886 bits per heavy atom. The fourth-order valence-corrected chi connectivity index (χ4v) is 4.49. The molecule has 0 aliphatic carbocycles. The fourth-order valence-electron chi connectivity index (χ4n) is 3.22. The number of aryl methyl sites for hydroxylation is 1. The molecule has 2 heterocycles. The Hall–Kier alpha value is -3.76. The van der Waals surface area contributed by atoms with Gasteiger partial charge in [-0.15, -0.1) is 0 Å². The lowest BCUT2D eigenvalue weighted by Crippen LogP contribution is -2.19. The van der Waals surface area contributed by atoms with E-state index in [9.17, 15) is 8.42 Å². The van der Waals surface area contributed by atoms with Crippen molar-refractivity contribution in [3.05, 3.63) is 83.8 Å². The van der Waals surface area contributed by atoms with Crippen LogP contribution < -0.4 is 14.2 Å². The molecule has 35 heavy (non-hydrogen) atoms. The van der Waals surface area contributed by atoms with Crippen molar-refractivity contribution >= 4 is 27.4 Å². The zero-order chi connectivity index (χ0) is 24.7. The number of anilines is 1. The van der Waals surface area contributed by atoms with Crippen LogP contribution in [0.3, 0.4) is 0 Å². The number of para-hydroxylation sites is 2. The molecule has 0 aliphatic rings. The Kier molecular flexibility index (Phi) is 7.74. The molecule has 9 nitrogen and oxygen atoms in total. The number of ether oxygens (including phenoxy) is 2. The van der Waals surface area contributed by atoms with Crippen LogP contribution in [0.1, 0.15) is 12.0 Å². The summed E-state index contributed by atoms with van der Waals surface area (Å²) in [5.41, 5.74) is 1.05. The van der Waals surface area contributed by atoms with Crippen molar-refractivity contribution in [3.8, 4) is 28.9 Å². The molecule has 11 heteroatoms. The number of benzene rings is 2. The van der Waals surface area contributed by atoms with Crippen molar-refractivity contribution in [2.75, 3.05) is 17.6 Å². The first-order valence-corrected chi connectivity index (χ1v) is 12.7. The third-order valence-electron chi connectivity index (χ3n) is 4.84. The lowest BCUT2D eigenvalue weighted by Gasteiger charge is -2.16. The first kappa shape index (κ1) is 24.4. The van der Waals surface area contributed by atoms with E-state index in [4.69, 9.17) is 21.1 Å². The van der Waals surface area contributed by atoms with Crippen LogP contribution >= 0.6 is 11.6 Å². The van der Waals surface area contributed by atoms with Crippen molar-refractivity contribution in [2.45, 2.75) is 12.8 Å². The Morgan fingerprint density at radius 3 is 2.29 bits per heavy atom. The van der Waals surface area contributed by atoms with E-state index in [0.29, 0.717) is 24.3 Å². The smallest absolute Gasteiger partial charge is 0.233 e. The maximum Gasteiger partial charge on any atom is 0.233 e. The molecule has 0 fully saturated rings. The first-order valence-electron chi connectivity index (χ1n) is 10.7. The van der Waals surface area contributed by atoms with Crippen LogP contribution in [0.5, 0.6) is 17.2 Å². The molecule has 2 aromatic carbocycles. The van der Waals surface area contributed by atoms with Crippen molar-refractivity contribution in [2.24, 2.45) is 0 Å². The van der Waals surface area contributed by atoms with Crippen LogP contribution in [0.4, 0.5) is 5.82 Å². The van der Waals surface area contributed by atoms with Gasteiger partial charge in [-0.3, -0.25) is 4.72 Å². The summed E-state index contributed by atoms with van der Waals surface area (Å²) in [5, 5.41) is -0.115. The lowest BCUT2D eigenvalue weighted by molar-refractivity contribution is 0.378. The number of hydrogen-bond donors (Lipinski definition) is 1. The zero-order valence-electron chi connectivity index (χ0n) is 18.8. The Balaban J connectivity index is 1.64. The average molecular weight is 512 g/mol. The summed E-state index contributed by atoms with van der Waals surface area (Å²) in [5.74, 6) is 0.645. The number of nitrogens with one attached hydrogen (secondary N) is 1. The molecule has 0 bridgehead atoms. The molecule has 4 rings (SSSR count). The number of nitrogens with zero attached hydrogens (tertiary/aromatic N) is 4. The molecule has 0 spiro atoms. The Morgan fingerprint density at radius 2 is 1.57 bits per heavy atom. The fraction of sp³-hybridized carbons (Fsp3) is 0.167. The van der Waals surface area contributed by atoms with Gasteiger partial charge in [0.1, 0.15) is 0 Å². The standard InChI is InChI=1S/C24H22ClN5O4S/c1-33-18-12-5-6-13-19(18)34-20-21(25)28-24(23-26-14-8-15-27-23)29-22(20)30-35(31,32)16-7-11-17-9-3-2-4-10-17/h2-6,8-10,12-15H,7,11,16H2,1H3,(H,28,29,30). The molecule has 0 unspecified atom stereocenters. The highest BCUT2D eigenvalue weighted by Gasteiger charge is 2.23. The summed E-state index contributed by atoms with van der Waals surface area (Å²) < 4.78 is 39.6. The minimum atomic E-state index is -3.80. The topological polar surface area (TPSA) is 116 Å².